The van der Waals surface area contributed by atoms with E-state index in [-0.39, 0.29) is 17.1 Å². The Bertz CT molecular complexity index is 1000. The van der Waals surface area contributed by atoms with Gasteiger partial charge in [-0.1, -0.05) is 12.1 Å². The fourth-order valence-corrected chi connectivity index (χ4v) is 2.47. The summed E-state index contributed by atoms with van der Waals surface area (Å²) in [6.07, 6.45) is 1.33. The number of anilines is 1. The van der Waals surface area contributed by atoms with Gasteiger partial charge in [-0.15, -0.1) is 0 Å². The number of hydrogen-bond donors (Lipinski definition) is 2. The Morgan fingerprint density at radius 2 is 1.86 bits per heavy atom. The average molecular weight is 384 g/mol. The molecule has 1 heterocycles. The van der Waals surface area contributed by atoms with Crippen LogP contribution in [-0.2, 0) is 9.59 Å². The van der Waals surface area contributed by atoms with Gasteiger partial charge in [0.15, 0.2) is 0 Å². The second kappa shape index (κ2) is 7.66. The van der Waals surface area contributed by atoms with Gasteiger partial charge in [-0.3, -0.25) is 19.7 Å². The number of carbonyl (C=O) groups is 3. The lowest BCUT2D eigenvalue weighted by Gasteiger charge is -2.12. The Kier molecular flexibility index (Phi) is 5.12. The number of carbonyl (C=O) groups excluding carboxylic acids is 3. The highest BCUT2D eigenvalue weighted by Crippen LogP contribution is 2.18. The lowest BCUT2D eigenvalue weighted by Crippen LogP contribution is -2.38. The van der Waals surface area contributed by atoms with Gasteiger partial charge in [0.1, 0.15) is 18.1 Å². The Hall–Kier alpha value is -4.08. The number of nitro benzene ring substituents is 1. The normalized spacial score (nSPS) is 14.9. The van der Waals surface area contributed by atoms with E-state index >= 15 is 0 Å². The predicted octanol–water partition coefficient (Wildman–Crippen LogP) is 2.27. The van der Waals surface area contributed by atoms with E-state index in [1.807, 2.05) is 0 Å². The monoisotopic (exact) mass is 384 g/mol. The lowest BCUT2D eigenvalue weighted by molar-refractivity contribution is -0.384. The molecule has 1 aliphatic rings. The third kappa shape index (κ3) is 4.01. The van der Waals surface area contributed by atoms with Crippen molar-refractivity contribution < 1.29 is 23.7 Å². The summed E-state index contributed by atoms with van der Waals surface area (Å²) in [5, 5.41) is 15.3. The van der Waals surface area contributed by atoms with Crippen LogP contribution in [0.2, 0.25) is 0 Å². The quantitative estimate of drug-likeness (QED) is 0.354. The van der Waals surface area contributed by atoms with E-state index in [9.17, 15) is 28.9 Å². The van der Waals surface area contributed by atoms with Gasteiger partial charge in [-0.25, -0.2) is 14.1 Å². The van der Waals surface area contributed by atoms with Gasteiger partial charge in [0.05, 0.1) is 10.6 Å². The predicted molar refractivity (Wildman–Crippen MR) is 96.3 cm³/mol. The van der Waals surface area contributed by atoms with E-state index in [0.717, 1.165) is 6.07 Å². The van der Waals surface area contributed by atoms with Crippen LogP contribution in [0.1, 0.15) is 5.56 Å². The maximum Gasteiger partial charge on any atom is 0.329 e. The van der Waals surface area contributed by atoms with Crippen molar-refractivity contribution in [2.75, 3.05) is 11.9 Å². The number of urea groups is 1. The molecule has 0 aromatic heterocycles. The van der Waals surface area contributed by atoms with Crippen LogP contribution >= 0.6 is 0 Å². The molecule has 1 saturated heterocycles. The van der Waals surface area contributed by atoms with E-state index in [1.165, 1.54) is 48.5 Å². The minimum atomic E-state index is -0.804. The summed E-state index contributed by atoms with van der Waals surface area (Å²) in [6.45, 7) is -0.601. The SMILES string of the molecule is O=C(CN1C(=O)N/C(=C/c2ccc([N+](=O)[O-])cc2)C1=O)Nc1ccccc1F. The minimum absolute atomic E-state index is 0.0683. The smallest absolute Gasteiger partial charge is 0.322 e. The van der Waals surface area contributed by atoms with Gasteiger partial charge < -0.3 is 10.6 Å². The molecule has 142 valence electrons. The molecule has 2 aromatic carbocycles. The minimum Gasteiger partial charge on any atom is -0.322 e. The van der Waals surface area contributed by atoms with Gasteiger partial charge in [-0.2, -0.15) is 0 Å². The number of nitrogens with zero attached hydrogens (tertiary/aromatic N) is 2. The van der Waals surface area contributed by atoms with Crippen molar-refractivity contribution in [2.45, 2.75) is 0 Å². The molecular formula is C18H13FN4O5. The molecule has 28 heavy (non-hydrogen) atoms. The first-order valence-electron chi connectivity index (χ1n) is 7.98. The number of imide groups is 1. The first kappa shape index (κ1) is 18.7. The van der Waals surface area contributed by atoms with E-state index in [0.29, 0.717) is 10.5 Å². The fourth-order valence-electron chi connectivity index (χ4n) is 2.47. The van der Waals surface area contributed by atoms with Crippen LogP contribution in [0, 0.1) is 15.9 Å². The van der Waals surface area contributed by atoms with Crippen molar-refractivity contribution in [3.05, 3.63) is 75.7 Å². The molecule has 0 bridgehead atoms. The molecule has 3 rings (SSSR count). The molecule has 0 spiro atoms. The summed E-state index contributed by atoms with van der Waals surface area (Å²) in [7, 11) is 0. The Morgan fingerprint density at radius 1 is 1.18 bits per heavy atom. The average Bonchev–Trinajstić information content (AvgIpc) is 2.91. The summed E-state index contributed by atoms with van der Waals surface area (Å²) in [5.41, 5.74) is 0.182. The Morgan fingerprint density at radius 3 is 2.50 bits per heavy atom. The number of hydrogen-bond acceptors (Lipinski definition) is 5. The molecule has 0 unspecified atom stereocenters. The summed E-state index contributed by atoms with van der Waals surface area (Å²) in [5.74, 6) is -2.14. The Balaban J connectivity index is 1.70. The number of nitro groups is 1. The van der Waals surface area contributed by atoms with Crippen LogP contribution in [-0.4, -0.2) is 34.2 Å². The molecule has 10 heteroatoms. The highest BCUT2D eigenvalue weighted by molar-refractivity contribution is 6.15. The standard InChI is InChI=1S/C18H13FN4O5/c19-13-3-1-2-4-14(13)20-16(24)10-22-17(25)15(21-18(22)26)9-11-5-7-12(8-6-11)23(27)28/h1-9H,10H2,(H,20,24)(H,21,26)/b15-9+. The zero-order valence-electron chi connectivity index (χ0n) is 14.2. The van der Waals surface area contributed by atoms with Crippen LogP contribution < -0.4 is 10.6 Å². The molecule has 1 aliphatic heterocycles. The van der Waals surface area contributed by atoms with Crippen LogP contribution in [0.3, 0.4) is 0 Å². The van der Waals surface area contributed by atoms with Gasteiger partial charge in [0.2, 0.25) is 5.91 Å². The van der Waals surface area contributed by atoms with Crippen molar-refractivity contribution in [3.8, 4) is 0 Å². The van der Waals surface area contributed by atoms with E-state index in [1.54, 1.807) is 0 Å². The zero-order valence-corrected chi connectivity index (χ0v) is 14.2. The highest BCUT2D eigenvalue weighted by Gasteiger charge is 2.35. The van der Waals surface area contributed by atoms with Crippen molar-refractivity contribution in [3.63, 3.8) is 0 Å². The van der Waals surface area contributed by atoms with Gasteiger partial charge in [0, 0.05) is 12.1 Å². The lowest BCUT2D eigenvalue weighted by atomic mass is 10.1. The van der Waals surface area contributed by atoms with Crippen molar-refractivity contribution in [2.24, 2.45) is 0 Å². The highest BCUT2D eigenvalue weighted by atomic mass is 19.1. The fraction of sp³-hybridized carbons (Fsp3) is 0.0556. The van der Waals surface area contributed by atoms with Gasteiger partial charge >= 0.3 is 6.03 Å². The summed E-state index contributed by atoms with van der Waals surface area (Å²) in [6, 6.07) is 10.0. The number of para-hydroxylation sites is 1. The van der Waals surface area contributed by atoms with Crippen molar-refractivity contribution >= 4 is 35.3 Å². The molecular weight excluding hydrogens is 371 g/mol. The van der Waals surface area contributed by atoms with Crippen molar-refractivity contribution in [1.82, 2.24) is 10.2 Å². The molecule has 0 radical (unpaired) electrons. The number of nitrogens with one attached hydrogen (secondary N) is 2. The van der Waals surface area contributed by atoms with Gasteiger partial charge in [0.25, 0.3) is 11.6 Å². The third-order valence-electron chi connectivity index (χ3n) is 3.83. The van der Waals surface area contributed by atoms with Crippen molar-refractivity contribution in [1.29, 1.82) is 0 Å². The first-order valence-corrected chi connectivity index (χ1v) is 7.98. The molecule has 9 nitrogen and oxygen atoms in total. The zero-order chi connectivity index (χ0) is 20.3. The molecule has 0 aliphatic carbocycles. The number of halogens is 1. The van der Waals surface area contributed by atoms with Gasteiger partial charge in [-0.05, 0) is 35.9 Å². The topological polar surface area (TPSA) is 122 Å². The number of benzene rings is 2. The Labute approximate surface area is 157 Å². The number of non-ortho nitro benzene ring substituents is 1. The first-order chi connectivity index (χ1) is 13.3. The van der Waals surface area contributed by atoms with Crippen LogP contribution in [0.15, 0.2) is 54.2 Å². The summed E-state index contributed by atoms with van der Waals surface area (Å²) in [4.78, 5) is 47.2. The number of amides is 4. The van der Waals surface area contributed by atoms with Crippen LogP contribution in [0.5, 0.6) is 0 Å². The second-order valence-electron chi connectivity index (χ2n) is 5.76. The largest absolute Gasteiger partial charge is 0.329 e. The van der Waals surface area contributed by atoms with E-state index in [2.05, 4.69) is 10.6 Å². The molecule has 0 saturated carbocycles. The summed E-state index contributed by atoms with van der Waals surface area (Å²) >= 11 is 0. The third-order valence-corrected chi connectivity index (χ3v) is 3.83. The van der Waals surface area contributed by atoms with E-state index < -0.39 is 35.1 Å². The number of rotatable bonds is 5. The molecule has 4 amide bonds. The summed E-state index contributed by atoms with van der Waals surface area (Å²) < 4.78 is 13.6. The second-order valence-corrected chi connectivity index (χ2v) is 5.76. The van der Waals surface area contributed by atoms with Crippen LogP contribution in [0.25, 0.3) is 6.08 Å². The molecule has 2 N–H and O–H groups in total. The molecule has 0 atom stereocenters. The maximum absolute atomic E-state index is 13.6. The maximum atomic E-state index is 13.6. The molecule has 2 aromatic rings. The van der Waals surface area contributed by atoms with E-state index in [4.69, 9.17) is 0 Å². The molecule has 1 fully saturated rings. The van der Waals surface area contributed by atoms with Crippen LogP contribution in [0.4, 0.5) is 20.6 Å².